The van der Waals surface area contributed by atoms with Crippen LogP contribution in [0.1, 0.15) is 28.5 Å². The van der Waals surface area contributed by atoms with Gasteiger partial charge in [-0.05, 0) is 42.8 Å². The van der Waals surface area contributed by atoms with Gasteiger partial charge in [0.25, 0.3) is 5.91 Å². The van der Waals surface area contributed by atoms with Gasteiger partial charge in [0.05, 0.1) is 24.3 Å². The van der Waals surface area contributed by atoms with Crippen molar-refractivity contribution in [1.29, 1.82) is 0 Å². The van der Waals surface area contributed by atoms with Gasteiger partial charge in [-0.25, -0.2) is 4.98 Å². The van der Waals surface area contributed by atoms with Crippen molar-refractivity contribution in [1.82, 2.24) is 10.3 Å². The van der Waals surface area contributed by atoms with E-state index in [4.69, 9.17) is 9.47 Å². The van der Waals surface area contributed by atoms with Crippen LogP contribution in [0.5, 0.6) is 11.5 Å². The molecular formula is C23H21N2O5-. The number of rotatable bonds is 8. The van der Waals surface area contributed by atoms with Crippen LogP contribution in [0.2, 0.25) is 0 Å². The van der Waals surface area contributed by atoms with Crippen LogP contribution in [0.15, 0.2) is 48.5 Å². The number of aromatic nitrogens is 1. The highest BCUT2D eigenvalue weighted by molar-refractivity contribution is 6.02. The number of methoxy groups -OCH3 is 1. The summed E-state index contributed by atoms with van der Waals surface area (Å²) in [5, 5.41) is 14.7. The Morgan fingerprint density at radius 3 is 2.63 bits per heavy atom. The molecule has 0 fully saturated rings. The third-order valence-electron chi connectivity index (χ3n) is 4.32. The molecule has 30 heavy (non-hydrogen) atoms. The van der Waals surface area contributed by atoms with Crippen LogP contribution in [0.4, 0.5) is 0 Å². The van der Waals surface area contributed by atoms with E-state index in [0.29, 0.717) is 34.6 Å². The minimum absolute atomic E-state index is 0.0898. The summed E-state index contributed by atoms with van der Waals surface area (Å²) in [6.45, 7) is 2.26. The van der Waals surface area contributed by atoms with E-state index in [1.54, 1.807) is 54.6 Å². The molecule has 0 aliphatic heterocycles. The van der Waals surface area contributed by atoms with Gasteiger partial charge in [0.2, 0.25) is 0 Å². The number of aromatic carboxylic acids is 1. The first-order chi connectivity index (χ1) is 14.5. The van der Waals surface area contributed by atoms with Crippen molar-refractivity contribution in [2.24, 2.45) is 0 Å². The predicted molar refractivity (Wildman–Crippen MR) is 112 cm³/mol. The Hall–Kier alpha value is -3.87. The monoisotopic (exact) mass is 405 g/mol. The Morgan fingerprint density at radius 1 is 1.10 bits per heavy atom. The number of hydrogen-bond donors (Lipinski definition) is 1. The van der Waals surface area contributed by atoms with Crippen LogP contribution in [0.25, 0.3) is 23.1 Å². The summed E-state index contributed by atoms with van der Waals surface area (Å²) in [4.78, 5) is 27.5. The zero-order chi connectivity index (χ0) is 21.5. The van der Waals surface area contributed by atoms with Gasteiger partial charge in [0.15, 0.2) is 18.1 Å². The zero-order valence-corrected chi connectivity index (χ0v) is 16.7. The molecule has 154 valence electrons. The second-order valence-corrected chi connectivity index (χ2v) is 6.39. The van der Waals surface area contributed by atoms with Crippen molar-refractivity contribution in [3.63, 3.8) is 0 Å². The molecule has 0 unspecified atom stereocenters. The van der Waals surface area contributed by atoms with E-state index in [9.17, 15) is 14.7 Å². The van der Waals surface area contributed by atoms with Gasteiger partial charge in [0.1, 0.15) is 0 Å². The second-order valence-electron chi connectivity index (χ2n) is 6.39. The number of para-hydroxylation sites is 1. The SMILES string of the molecule is CCNC(=O)COc1ccc(/C=C/c2cc(C(=O)[O-])c3ccccc3n2)cc1OC. The number of carbonyl (C=O) groups excluding carboxylic acids is 2. The molecule has 3 rings (SSSR count). The first-order valence-electron chi connectivity index (χ1n) is 9.38. The quantitative estimate of drug-likeness (QED) is 0.617. The molecule has 0 bridgehead atoms. The van der Waals surface area contributed by atoms with Gasteiger partial charge in [-0.3, -0.25) is 4.79 Å². The van der Waals surface area contributed by atoms with Crippen molar-refractivity contribution in [2.45, 2.75) is 6.92 Å². The number of benzene rings is 2. The van der Waals surface area contributed by atoms with Crippen LogP contribution < -0.4 is 19.9 Å². The van der Waals surface area contributed by atoms with Gasteiger partial charge in [0, 0.05) is 17.5 Å². The molecule has 0 radical (unpaired) electrons. The number of fused-ring (bicyclic) bond motifs is 1. The molecule has 0 atom stereocenters. The van der Waals surface area contributed by atoms with Gasteiger partial charge in [-0.15, -0.1) is 0 Å². The lowest BCUT2D eigenvalue weighted by molar-refractivity contribution is -0.254. The van der Waals surface area contributed by atoms with Crippen molar-refractivity contribution in [3.8, 4) is 11.5 Å². The van der Waals surface area contributed by atoms with E-state index in [1.165, 1.54) is 13.2 Å². The topological polar surface area (TPSA) is 101 Å². The molecular weight excluding hydrogens is 384 g/mol. The number of nitrogens with one attached hydrogen (secondary N) is 1. The lowest BCUT2D eigenvalue weighted by Crippen LogP contribution is -2.28. The molecule has 2 aromatic carbocycles. The summed E-state index contributed by atoms with van der Waals surface area (Å²) in [7, 11) is 1.51. The average molecular weight is 405 g/mol. The molecule has 7 nitrogen and oxygen atoms in total. The smallest absolute Gasteiger partial charge is 0.257 e. The predicted octanol–water partition coefficient (Wildman–Crippen LogP) is 2.29. The van der Waals surface area contributed by atoms with Crippen LogP contribution >= 0.6 is 0 Å². The van der Waals surface area contributed by atoms with Gasteiger partial charge in [-0.1, -0.05) is 30.3 Å². The molecule has 1 heterocycles. The minimum atomic E-state index is -1.25. The first kappa shape index (κ1) is 20.9. The summed E-state index contributed by atoms with van der Waals surface area (Å²) in [6, 6.07) is 13.7. The highest BCUT2D eigenvalue weighted by atomic mass is 16.5. The fourth-order valence-electron chi connectivity index (χ4n) is 2.93. The summed E-state index contributed by atoms with van der Waals surface area (Å²) in [5.74, 6) is -0.541. The molecule has 0 aliphatic carbocycles. The fraction of sp³-hybridized carbons (Fsp3) is 0.174. The summed E-state index contributed by atoms with van der Waals surface area (Å²) in [5.41, 5.74) is 1.95. The zero-order valence-electron chi connectivity index (χ0n) is 16.7. The lowest BCUT2D eigenvalue weighted by Gasteiger charge is -2.11. The highest BCUT2D eigenvalue weighted by Crippen LogP contribution is 2.29. The van der Waals surface area contributed by atoms with Crippen molar-refractivity contribution in [3.05, 3.63) is 65.4 Å². The molecule has 0 aliphatic rings. The normalized spacial score (nSPS) is 10.9. The number of ether oxygens (including phenoxy) is 2. The van der Waals surface area contributed by atoms with Crippen LogP contribution in [-0.2, 0) is 4.79 Å². The molecule has 3 aromatic rings. The molecule has 1 aromatic heterocycles. The molecule has 1 amide bonds. The number of carboxylic acid groups (broad SMARTS) is 1. The van der Waals surface area contributed by atoms with Crippen molar-refractivity contribution < 1.29 is 24.2 Å². The number of carboxylic acids is 1. The largest absolute Gasteiger partial charge is 0.545 e. The standard InChI is InChI=1S/C23H22N2O5/c1-3-24-22(26)14-30-20-11-9-15(12-21(20)29-2)8-10-16-13-18(23(27)28)17-6-4-5-7-19(17)25-16/h4-13H,3,14H2,1-2H3,(H,24,26)(H,27,28)/p-1/b10-8+. The number of carbonyl (C=O) groups is 2. The molecule has 0 spiro atoms. The van der Waals surface area contributed by atoms with Gasteiger partial charge < -0.3 is 24.7 Å². The Bertz CT molecular complexity index is 1110. The Labute approximate surface area is 174 Å². The summed E-state index contributed by atoms with van der Waals surface area (Å²) >= 11 is 0. The van der Waals surface area contributed by atoms with Crippen molar-refractivity contribution >= 4 is 34.9 Å². The van der Waals surface area contributed by atoms with Crippen LogP contribution in [-0.4, -0.2) is 37.1 Å². The van der Waals surface area contributed by atoms with Crippen LogP contribution in [0.3, 0.4) is 0 Å². The number of pyridine rings is 1. The maximum atomic E-state index is 11.6. The number of amides is 1. The lowest BCUT2D eigenvalue weighted by atomic mass is 10.1. The Balaban J connectivity index is 1.84. The van der Waals surface area contributed by atoms with Gasteiger partial charge in [-0.2, -0.15) is 0 Å². The fourth-order valence-corrected chi connectivity index (χ4v) is 2.93. The van der Waals surface area contributed by atoms with E-state index < -0.39 is 5.97 Å². The molecule has 0 saturated heterocycles. The highest BCUT2D eigenvalue weighted by Gasteiger charge is 2.08. The number of nitrogens with zero attached hydrogens (tertiary/aromatic N) is 1. The van der Waals surface area contributed by atoms with E-state index in [0.717, 1.165) is 5.56 Å². The first-order valence-corrected chi connectivity index (χ1v) is 9.38. The van der Waals surface area contributed by atoms with E-state index in [2.05, 4.69) is 10.3 Å². The second kappa shape index (κ2) is 9.56. The third kappa shape index (κ3) is 4.94. The molecule has 0 saturated carbocycles. The minimum Gasteiger partial charge on any atom is -0.545 e. The maximum absolute atomic E-state index is 11.6. The van der Waals surface area contributed by atoms with E-state index in [1.807, 2.05) is 6.92 Å². The maximum Gasteiger partial charge on any atom is 0.257 e. The summed E-state index contributed by atoms with van der Waals surface area (Å²) in [6.07, 6.45) is 3.50. The molecule has 1 N–H and O–H groups in total. The Kier molecular flexibility index (Phi) is 6.64. The third-order valence-corrected chi connectivity index (χ3v) is 4.32. The van der Waals surface area contributed by atoms with E-state index in [-0.39, 0.29) is 18.1 Å². The van der Waals surface area contributed by atoms with E-state index >= 15 is 0 Å². The number of likely N-dealkylation sites (N-methyl/N-ethyl adjacent to an activating group) is 1. The number of hydrogen-bond acceptors (Lipinski definition) is 6. The Morgan fingerprint density at radius 2 is 1.90 bits per heavy atom. The van der Waals surface area contributed by atoms with Gasteiger partial charge >= 0.3 is 0 Å². The average Bonchev–Trinajstić information content (AvgIpc) is 2.76. The van der Waals surface area contributed by atoms with Crippen LogP contribution in [0, 0.1) is 0 Å². The van der Waals surface area contributed by atoms with Crippen molar-refractivity contribution in [2.75, 3.05) is 20.3 Å². The summed E-state index contributed by atoms with van der Waals surface area (Å²) < 4.78 is 10.9. The molecule has 7 heteroatoms.